The van der Waals surface area contributed by atoms with Crippen LogP contribution in [0.4, 0.5) is 5.82 Å². The third-order valence-corrected chi connectivity index (χ3v) is 2.92. The Kier molecular flexibility index (Phi) is 2.83. The van der Waals surface area contributed by atoms with Crippen LogP contribution in [0.5, 0.6) is 0 Å². The highest BCUT2D eigenvalue weighted by atomic mass is 15.4. The van der Waals surface area contributed by atoms with E-state index < -0.39 is 0 Å². The molecule has 1 fully saturated rings. The molecule has 0 radical (unpaired) electrons. The number of hydrogen-bond acceptors (Lipinski definition) is 5. The second kappa shape index (κ2) is 4.12. The van der Waals surface area contributed by atoms with Gasteiger partial charge in [-0.3, -0.25) is 4.98 Å². The van der Waals surface area contributed by atoms with Gasteiger partial charge in [0.05, 0.1) is 6.20 Å². The topological polar surface area (TPSA) is 67.1 Å². The van der Waals surface area contributed by atoms with Crippen LogP contribution in [0.15, 0.2) is 18.6 Å². The Morgan fingerprint density at radius 2 is 2.47 bits per heavy atom. The maximum atomic E-state index is 6.33. The first-order valence-corrected chi connectivity index (χ1v) is 5.29. The number of anilines is 1. The molecule has 82 valence electrons. The van der Waals surface area contributed by atoms with Gasteiger partial charge in [0.1, 0.15) is 11.5 Å². The molecule has 15 heavy (non-hydrogen) atoms. The maximum absolute atomic E-state index is 6.33. The van der Waals surface area contributed by atoms with Gasteiger partial charge in [-0.05, 0) is 6.42 Å². The fourth-order valence-electron chi connectivity index (χ4n) is 1.90. The van der Waals surface area contributed by atoms with Gasteiger partial charge in [-0.1, -0.05) is 6.92 Å². The summed E-state index contributed by atoms with van der Waals surface area (Å²) in [6.45, 7) is 4.70. The van der Waals surface area contributed by atoms with Crippen LogP contribution in [-0.2, 0) is 0 Å². The summed E-state index contributed by atoms with van der Waals surface area (Å²) < 4.78 is 0. The number of nitrogens with zero attached hydrogens (tertiary/aromatic N) is 3. The first-order chi connectivity index (χ1) is 7.26. The fourth-order valence-corrected chi connectivity index (χ4v) is 1.90. The summed E-state index contributed by atoms with van der Waals surface area (Å²) in [6, 6.07) is 0. The molecule has 1 atom stereocenters. The molecule has 0 amide bonds. The number of hydrogen-bond donors (Lipinski definition) is 2. The van der Waals surface area contributed by atoms with Crippen molar-refractivity contribution in [3.63, 3.8) is 0 Å². The van der Waals surface area contributed by atoms with Crippen molar-refractivity contribution in [2.75, 3.05) is 24.5 Å². The van der Waals surface area contributed by atoms with Gasteiger partial charge in [0, 0.05) is 32.0 Å². The van der Waals surface area contributed by atoms with Crippen LogP contribution in [0.3, 0.4) is 0 Å². The van der Waals surface area contributed by atoms with Crippen molar-refractivity contribution >= 4 is 5.82 Å². The average molecular weight is 207 g/mol. The summed E-state index contributed by atoms with van der Waals surface area (Å²) in [4.78, 5) is 10.5. The van der Waals surface area contributed by atoms with Gasteiger partial charge in [0.2, 0.25) is 0 Å². The minimum Gasteiger partial charge on any atom is -0.335 e. The largest absolute Gasteiger partial charge is 0.335 e. The van der Waals surface area contributed by atoms with Gasteiger partial charge in [0.25, 0.3) is 0 Å². The van der Waals surface area contributed by atoms with Crippen molar-refractivity contribution < 1.29 is 0 Å². The summed E-state index contributed by atoms with van der Waals surface area (Å²) in [5.41, 5.74) is 5.99. The highest BCUT2D eigenvalue weighted by Crippen LogP contribution is 2.21. The molecule has 1 aromatic rings. The van der Waals surface area contributed by atoms with E-state index in [-0.39, 0.29) is 5.66 Å². The van der Waals surface area contributed by atoms with Crippen LogP contribution >= 0.6 is 0 Å². The van der Waals surface area contributed by atoms with Crippen LogP contribution in [0.25, 0.3) is 0 Å². The molecule has 0 spiro atoms. The number of aromatic nitrogens is 2. The molecule has 3 N–H and O–H groups in total. The third-order valence-electron chi connectivity index (χ3n) is 2.92. The summed E-state index contributed by atoms with van der Waals surface area (Å²) in [5, 5.41) is 3.31. The Hall–Kier alpha value is -1.20. The molecule has 0 aromatic carbocycles. The van der Waals surface area contributed by atoms with Gasteiger partial charge < -0.3 is 16.0 Å². The van der Waals surface area contributed by atoms with E-state index in [1.54, 1.807) is 18.6 Å². The normalized spacial score (nSPS) is 26.7. The van der Waals surface area contributed by atoms with E-state index in [4.69, 9.17) is 5.73 Å². The summed E-state index contributed by atoms with van der Waals surface area (Å²) >= 11 is 0. The van der Waals surface area contributed by atoms with Gasteiger partial charge in [-0.25, -0.2) is 4.98 Å². The number of rotatable bonds is 2. The van der Waals surface area contributed by atoms with Crippen molar-refractivity contribution in [3.8, 4) is 0 Å². The molecule has 0 saturated carbocycles. The molecule has 2 rings (SSSR count). The van der Waals surface area contributed by atoms with Crippen LogP contribution in [0.2, 0.25) is 0 Å². The molecule has 5 heteroatoms. The number of nitrogens with one attached hydrogen (secondary N) is 1. The Morgan fingerprint density at radius 1 is 1.60 bits per heavy atom. The standard InChI is InChI=1S/C10H17N5/c1-2-10(11)8-13-5-6-15(10)9-7-12-3-4-14-9/h3-4,7,13H,2,5-6,8,11H2,1H3. The summed E-state index contributed by atoms with van der Waals surface area (Å²) in [6.07, 6.45) is 6.03. The summed E-state index contributed by atoms with van der Waals surface area (Å²) in [5.74, 6) is 0.864. The van der Waals surface area contributed by atoms with Crippen molar-refractivity contribution in [2.45, 2.75) is 19.0 Å². The quantitative estimate of drug-likeness (QED) is 0.712. The minimum absolute atomic E-state index is 0.339. The molecule has 0 aliphatic carbocycles. The molecule has 1 aromatic heterocycles. The summed E-state index contributed by atoms with van der Waals surface area (Å²) in [7, 11) is 0. The monoisotopic (exact) mass is 207 g/mol. The molecular weight excluding hydrogens is 190 g/mol. The highest BCUT2D eigenvalue weighted by molar-refractivity contribution is 5.40. The Morgan fingerprint density at radius 3 is 3.13 bits per heavy atom. The first-order valence-electron chi connectivity index (χ1n) is 5.29. The smallest absolute Gasteiger partial charge is 0.148 e. The predicted molar refractivity (Wildman–Crippen MR) is 59.5 cm³/mol. The second-order valence-electron chi connectivity index (χ2n) is 3.85. The lowest BCUT2D eigenvalue weighted by Gasteiger charge is -2.44. The van der Waals surface area contributed by atoms with E-state index in [0.29, 0.717) is 0 Å². The second-order valence-corrected chi connectivity index (χ2v) is 3.85. The Balaban J connectivity index is 2.26. The van der Waals surface area contributed by atoms with Crippen molar-refractivity contribution in [3.05, 3.63) is 18.6 Å². The van der Waals surface area contributed by atoms with Gasteiger partial charge >= 0.3 is 0 Å². The third kappa shape index (κ3) is 1.93. The zero-order valence-corrected chi connectivity index (χ0v) is 8.98. The average Bonchev–Trinajstić information content (AvgIpc) is 2.31. The lowest BCUT2D eigenvalue weighted by molar-refractivity contribution is 0.322. The van der Waals surface area contributed by atoms with Crippen LogP contribution in [0, 0.1) is 0 Å². The minimum atomic E-state index is -0.339. The molecule has 1 saturated heterocycles. The SMILES string of the molecule is CCC1(N)CNCCN1c1cnccn1. The van der Waals surface area contributed by atoms with Gasteiger partial charge in [-0.2, -0.15) is 0 Å². The maximum Gasteiger partial charge on any atom is 0.148 e. The molecule has 1 unspecified atom stereocenters. The number of piperazine rings is 1. The number of nitrogens with two attached hydrogens (primary N) is 1. The van der Waals surface area contributed by atoms with E-state index in [1.807, 2.05) is 0 Å². The zero-order chi connectivity index (χ0) is 10.7. The van der Waals surface area contributed by atoms with E-state index in [1.165, 1.54) is 0 Å². The molecule has 1 aliphatic rings. The predicted octanol–water partition coefficient (Wildman–Crippen LogP) is -0.0488. The van der Waals surface area contributed by atoms with Crippen molar-refractivity contribution in [1.29, 1.82) is 0 Å². The Labute approximate surface area is 89.7 Å². The zero-order valence-electron chi connectivity index (χ0n) is 8.98. The lowest BCUT2D eigenvalue weighted by Crippen LogP contribution is -2.67. The van der Waals surface area contributed by atoms with Crippen LogP contribution in [-0.4, -0.2) is 35.3 Å². The van der Waals surface area contributed by atoms with E-state index >= 15 is 0 Å². The fraction of sp³-hybridized carbons (Fsp3) is 0.600. The molecule has 1 aliphatic heterocycles. The highest BCUT2D eigenvalue weighted by Gasteiger charge is 2.34. The van der Waals surface area contributed by atoms with E-state index in [0.717, 1.165) is 31.9 Å². The molecule has 5 nitrogen and oxygen atoms in total. The van der Waals surface area contributed by atoms with Crippen molar-refractivity contribution in [2.24, 2.45) is 5.73 Å². The van der Waals surface area contributed by atoms with Crippen molar-refractivity contribution in [1.82, 2.24) is 15.3 Å². The molecule has 0 bridgehead atoms. The molecular formula is C10H17N5. The first kappa shape index (κ1) is 10.3. The molecule has 2 heterocycles. The van der Waals surface area contributed by atoms with Crippen LogP contribution in [0.1, 0.15) is 13.3 Å². The van der Waals surface area contributed by atoms with Crippen LogP contribution < -0.4 is 16.0 Å². The van der Waals surface area contributed by atoms with E-state index in [9.17, 15) is 0 Å². The van der Waals surface area contributed by atoms with Gasteiger partial charge in [-0.15, -0.1) is 0 Å². The lowest BCUT2D eigenvalue weighted by atomic mass is 10.0. The Bertz CT molecular complexity index is 315. The van der Waals surface area contributed by atoms with Gasteiger partial charge in [0.15, 0.2) is 0 Å². The van der Waals surface area contributed by atoms with E-state index in [2.05, 4.69) is 27.1 Å².